The van der Waals surface area contributed by atoms with E-state index in [4.69, 9.17) is 34.8 Å². The van der Waals surface area contributed by atoms with E-state index in [1.54, 1.807) is 18.2 Å². The molecular weight excluding hydrogens is 305 g/mol. The van der Waals surface area contributed by atoms with Crippen molar-refractivity contribution in [1.82, 2.24) is 5.32 Å². The van der Waals surface area contributed by atoms with Gasteiger partial charge < -0.3 is 5.32 Å². The molecule has 1 aromatic rings. The number of hydrogen-bond donors (Lipinski definition) is 1. The molecule has 0 radical (unpaired) electrons. The van der Waals surface area contributed by atoms with Crippen LogP contribution in [0.1, 0.15) is 37.6 Å². The summed E-state index contributed by atoms with van der Waals surface area (Å²) in [7, 11) is 0. The van der Waals surface area contributed by atoms with Crippen molar-refractivity contribution in [2.24, 2.45) is 5.41 Å². The summed E-state index contributed by atoms with van der Waals surface area (Å²) in [5.74, 6) is -0.219. The number of benzene rings is 1. The number of carbonyl (C=O) groups excluding carboxylic acids is 1. The highest BCUT2D eigenvalue weighted by Crippen LogP contribution is 2.23. The summed E-state index contributed by atoms with van der Waals surface area (Å²) in [4.78, 5) is 11.9. The number of alkyl halides is 1. The van der Waals surface area contributed by atoms with Crippen molar-refractivity contribution in [2.45, 2.75) is 32.6 Å². The lowest BCUT2D eigenvalue weighted by atomic mass is 9.90. The summed E-state index contributed by atoms with van der Waals surface area (Å²) in [6.45, 7) is 6.75. The van der Waals surface area contributed by atoms with Gasteiger partial charge in [-0.15, -0.1) is 11.6 Å². The second-order valence-electron chi connectivity index (χ2n) is 5.73. The maximum atomic E-state index is 11.9. The van der Waals surface area contributed by atoms with Gasteiger partial charge in [0.05, 0.1) is 5.38 Å². The van der Waals surface area contributed by atoms with Gasteiger partial charge in [-0.3, -0.25) is 4.79 Å². The van der Waals surface area contributed by atoms with Crippen molar-refractivity contribution in [1.29, 1.82) is 0 Å². The van der Waals surface area contributed by atoms with Crippen LogP contribution in [0.5, 0.6) is 0 Å². The molecule has 0 spiro atoms. The minimum atomic E-state index is -0.219. The molecule has 1 rings (SSSR count). The third kappa shape index (κ3) is 6.51. The van der Waals surface area contributed by atoms with E-state index in [0.717, 1.165) is 6.42 Å². The second-order valence-corrected chi connectivity index (χ2v) is 7.22. The van der Waals surface area contributed by atoms with Crippen LogP contribution >= 0.6 is 34.8 Å². The van der Waals surface area contributed by atoms with Gasteiger partial charge in [0.2, 0.25) is 0 Å². The standard InChI is InChI=1S/C14H18Cl3NO/c1-14(2,3)7-12(17)8-18-13(19)9-4-10(15)6-11(16)5-9/h4-6,12H,7-8H2,1-3H3,(H,18,19). The topological polar surface area (TPSA) is 29.1 Å². The van der Waals surface area contributed by atoms with E-state index in [0.29, 0.717) is 22.2 Å². The number of amides is 1. The van der Waals surface area contributed by atoms with Gasteiger partial charge in [-0.2, -0.15) is 0 Å². The average molecular weight is 323 g/mol. The van der Waals surface area contributed by atoms with Gasteiger partial charge in [-0.05, 0) is 30.0 Å². The lowest BCUT2D eigenvalue weighted by molar-refractivity contribution is 0.0952. The molecule has 0 aromatic heterocycles. The summed E-state index contributed by atoms with van der Waals surface area (Å²) in [6, 6.07) is 4.75. The number of halogens is 3. The Bertz CT molecular complexity index is 434. The van der Waals surface area contributed by atoms with Gasteiger partial charge >= 0.3 is 0 Å². The van der Waals surface area contributed by atoms with Crippen molar-refractivity contribution in [3.63, 3.8) is 0 Å². The van der Waals surface area contributed by atoms with Crippen molar-refractivity contribution >= 4 is 40.7 Å². The fourth-order valence-electron chi connectivity index (χ4n) is 1.73. The molecule has 0 saturated carbocycles. The van der Waals surface area contributed by atoms with Crippen LogP contribution in [-0.2, 0) is 0 Å². The highest BCUT2D eigenvalue weighted by Gasteiger charge is 2.17. The monoisotopic (exact) mass is 321 g/mol. The van der Waals surface area contributed by atoms with Crippen molar-refractivity contribution < 1.29 is 4.79 Å². The van der Waals surface area contributed by atoms with Crippen LogP contribution in [0.2, 0.25) is 10.0 Å². The zero-order valence-electron chi connectivity index (χ0n) is 11.3. The van der Waals surface area contributed by atoms with Crippen LogP contribution < -0.4 is 5.32 Å². The van der Waals surface area contributed by atoms with Gasteiger partial charge in [0.15, 0.2) is 0 Å². The third-order valence-corrected chi connectivity index (χ3v) is 3.19. The average Bonchev–Trinajstić information content (AvgIpc) is 2.22. The zero-order valence-corrected chi connectivity index (χ0v) is 13.5. The normalized spacial score (nSPS) is 13.2. The highest BCUT2D eigenvalue weighted by atomic mass is 35.5. The van der Waals surface area contributed by atoms with Gasteiger partial charge in [0.25, 0.3) is 5.91 Å². The first kappa shape index (κ1) is 16.6. The predicted octanol–water partition coefficient (Wildman–Crippen LogP) is 4.77. The number of hydrogen-bond acceptors (Lipinski definition) is 1. The molecule has 0 saturated heterocycles. The Kier molecular flexibility index (Phi) is 5.97. The summed E-state index contributed by atoms with van der Waals surface area (Å²) >= 11 is 17.9. The molecule has 2 nitrogen and oxygen atoms in total. The van der Waals surface area contributed by atoms with E-state index in [1.165, 1.54) is 0 Å². The first-order chi connectivity index (χ1) is 8.67. The molecule has 0 bridgehead atoms. The zero-order chi connectivity index (χ0) is 14.6. The summed E-state index contributed by atoms with van der Waals surface area (Å²) in [6.07, 6.45) is 0.825. The minimum absolute atomic E-state index is 0.0985. The molecule has 1 N–H and O–H groups in total. The smallest absolute Gasteiger partial charge is 0.251 e. The van der Waals surface area contributed by atoms with Crippen LogP contribution in [0.25, 0.3) is 0 Å². The van der Waals surface area contributed by atoms with Crippen LogP contribution in [-0.4, -0.2) is 17.8 Å². The molecule has 1 aromatic carbocycles. The summed E-state index contributed by atoms with van der Waals surface area (Å²) in [5, 5.41) is 3.57. The minimum Gasteiger partial charge on any atom is -0.351 e. The molecular formula is C14H18Cl3NO. The van der Waals surface area contributed by atoms with Gasteiger partial charge in [0, 0.05) is 22.2 Å². The molecule has 0 aliphatic rings. The maximum absolute atomic E-state index is 11.9. The quantitative estimate of drug-likeness (QED) is 0.795. The molecule has 5 heteroatoms. The first-order valence-corrected chi connectivity index (χ1v) is 7.25. The van der Waals surface area contributed by atoms with Gasteiger partial charge in [-0.25, -0.2) is 0 Å². The third-order valence-electron chi connectivity index (χ3n) is 2.44. The van der Waals surface area contributed by atoms with E-state index in [2.05, 4.69) is 26.1 Å². The lowest BCUT2D eigenvalue weighted by Gasteiger charge is -2.22. The molecule has 1 amide bonds. The Morgan fingerprint density at radius 2 is 1.74 bits per heavy atom. The van der Waals surface area contributed by atoms with Crippen molar-refractivity contribution in [3.05, 3.63) is 33.8 Å². The van der Waals surface area contributed by atoms with Crippen LogP contribution in [0.15, 0.2) is 18.2 Å². The molecule has 0 heterocycles. The van der Waals surface area contributed by atoms with E-state index in [9.17, 15) is 4.79 Å². The Morgan fingerprint density at radius 3 is 2.21 bits per heavy atom. The van der Waals surface area contributed by atoms with E-state index < -0.39 is 0 Å². The Morgan fingerprint density at radius 1 is 1.21 bits per heavy atom. The van der Waals surface area contributed by atoms with E-state index in [1.807, 2.05) is 0 Å². The Labute approximate surface area is 129 Å². The highest BCUT2D eigenvalue weighted by molar-refractivity contribution is 6.35. The van der Waals surface area contributed by atoms with E-state index in [-0.39, 0.29) is 16.7 Å². The maximum Gasteiger partial charge on any atom is 0.251 e. The molecule has 0 aliphatic carbocycles. The largest absolute Gasteiger partial charge is 0.351 e. The number of rotatable bonds is 4. The first-order valence-electron chi connectivity index (χ1n) is 6.06. The number of nitrogens with one attached hydrogen (secondary N) is 1. The lowest BCUT2D eigenvalue weighted by Crippen LogP contribution is -2.31. The Balaban J connectivity index is 2.56. The number of carbonyl (C=O) groups is 1. The van der Waals surface area contributed by atoms with Gasteiger partial charge in [-0.1, -0.05) is 44.0 Å². The van der Waals surface area contributed by atoms with Crippen LogP contribution in [0, 0.1) is 5.41 Å². The fourth-order valence-corrected chi connectivity index (χ4v) is 2.79. The molecule has 0 aliphatic heterocycles. The van der Waals surface area contributed by atoms with Crippen LogP contribution in [0.3, 0.4) is 0 Å². The molecule has 1 atom stereocenters. The summed E-state index contributed by atoms with van der Waals surface area (Å²) in [5.41, 5.74) is 0.577. The van der Waals surface area contributed by atoms with Gasteiger partial charge in [0.1, 0.15) is 0 Å². The Hall–Kier alpha value is -0.440. The van der Waals surface area contributed by atoms with Crippen LogP contribution in [0.4, 0.5) is 0 Å². The molecule has 1 unspecified atom stereocenters. The molecule has 106 valence electrons. The molecule has 0 fully saturated rings. The van der Waals surface area contributed by atoms with Crippen molar-refractivity contribution in [3.8, 4) is 0 Å². The van der Waals surface area contributed by atoms with E-state index >= 15 is 0 Å². The summed E-state index contributed by atoms with van der Waals surface area (Å²) < 4.78 is 0. The molecule has 19 heavy (non-hydrogen) atoms. The fraction of sp³-hybridized carbons (Fsp3) is 0.500. The van der Waals surface area contributed by atoms with Crippen molar-refractivity contribution in [2.75, 3.05) is 6.54 Å². The SMILES string of the molecule is CC(C)(C)CC(Cl)CNC(=O)c1cc(Cl)cc(Cl)c1. The predicted molar refractivity (Wildman–Crippen MR) is 82.5 cm³/mol. The second kappa shape index (κ2) is 6.83.